The molecule has 134 valence electrons. The second-order valence-electron chi connectivity index (χ2n) is 5.61. The van der Waals surface area contributed by atoms with Gasteiger partial charge in [0.05, 0.1) is 23.1 Å². The van der Waals surface area contributed by atoms with Gasteiger partial charge in [-0.15, -0.1) is 5.11 Å². The number of carbonyl (C=O) groups excluding carboxylic acids is 1. The van der Waals surface area contributed by atoms with Gasteiger partial charge in [-0.1, -0.05) is 30.3 Å². The minimum atomic E-state index is -4.29. The van der Waals surface area contributed by atoms with Crippen LogP contribution in [0.1, 0.15) is 16.8 Å². The highest BCUT2D eigenvalue weighted by molar-refractivity contribution is 7.85. The number of hydrogen-bond acceptors (Lipinski definition) is 6. The number of carbonyl (C=O) groups is 1. The third-order valence-corrected chi connectivity index (χ3v) is 4.71. The monoisotopic (exact) mass is 379 g/mol. The second-order valence-corrected chi connectivity index (χ2v) is 7.03. The van der Waals surface area contributed by atoms with E-state index in [-0.39, 0.29) is 22.7 Å². The molecule has 27 heavy (non-hydrogen) atoms. The molecule has 0 saturated carbocycles. The van der Waals surface area contributed by atoms with Gasteiger partial charge in [-0.2, -0.15) is 18.8 Å². The molecule has 0 radical (unpaired) electrons. The summed E-state index contributed by atoms with van der Waals surface area (Å²) in [5.41, 5.74) is 0.967. The smallest absolute Gasteiger partial charge is 0.293 e. The maximum atomic E-state index is 12.3. The normalized spacial score (nSPS) is 11.6. The second kappa shape index (κ2) is 7.45. The summed E-state index contributed by atoms with van der Waals surface area (Å²) in [6.45, 7) is 0. The van der Waals surface area contributed by atoms with Crippen LogP contribution in [0.2, 0.25) is 0 Å². The van der Waals surface area contributed by atoms with E-state index in [1.54, 1.807) is 24.3 Å². The molecular weight excluding hydrogens is 366 g/mol. The molecule has 0 fully saturated rings. The molecule has 0 saturated heterocycles. The first-order valence-corrected chi connectivity index (χ1v) is 9.25. The predicted molar refractivity (Wildman–Crippen MR) is 98.9 cm³/mol. The molecule has 3 aromatic carbocycles. The maximum absolute atomic E-state index is 12.3. The van der Waals surface area contributed by atoms with Crippen molar-refractivity contribution in [3.8, 4) is 6.07 Å². The first-order valence-electron chi connectivity index (χ1n) is 7.81. The molecule has 0 aliphatic carbocycles. The zero-order valence-electron chi connectivity index (χ0n) is 13.9. The molecule has 8 heteroatoms. The van der Waals surface area contributed by atoms with Crippen LogP contribution >= 0.6 is 0 Å². The van der Waals surface area contributed by atoms with Crippen LogP contribution in [0, 0.1) is 11.3 Å². The van der Waals surface area contributed by atoms with E-state index < -0.39 is 10.1 Å². The molecule has 0 aromatic heterocycles. The Bertz CT molecular complexity index is 1190. The van der Waals surface area contributed by atoms with E-state index in [2.05, 4.69) is 10.2 Å². The van der Waals surface area contributed by atoms with Crippen molar-refractivity contribution in [2.45, 2.75) is 11.3 Å². The van der Waals surface area contributed by atoms with Gasteiger partial charge in [-0.25, -0.2) is 0 Å². The van der Waals surface area contributed by atoms with Crippen LogP contribution in [-0.2, 0) is 10.1 Å². The molecule has 0 aliphatic heterocycles. The first-order chi connectivity index (χ1) is 12.9. The van der Waals surface area contributed by atoms with Crippen LogP contribution in [0.3, 0.4) is 0 Å². The fourth-order valence-corrected chi connectivity index (χ4v) is 3.03. The number of hydrogen-bond donors (Lipinski definition) is 1. The van der Waals surface area contributed by atoms with Crippen LogP contribution in [-0.4, -0.2) is 18.8 Å². The van der Waals surface area contributed by atoms with Crippen LogP contribution in [0.25, 0.3) is 10.8 Å². The van der Waals surface area contributed by atoms with Gasteiger partial charge in [0.1, 0.15) is 5.69 Å². The van der Waals surface area contributed by atoms with Crippen molar-refractivity contribution < 1.29 is 17.8 Å². The Labute approximate surface area is 155 Å². The molecule has 7 nitrogen and oxygen atoms in total. The molecule has 0 atom stereocenters. The Morgan fingerprint density at radius 3 is 2.37 bits per heavy atom. The number of fused-ring (bicyclic) bond motifs is 1. The van der Waals surface area contributed by atoms with E-state index >= 15 is 0 Å². The number of nitriles is 1. The van der Waals surface area contributed by atoms with Gasteiger partial charge >= 0.3 is 0 Å². The van der Waals surface area contributed by atoms with Crippen LogP contribution in [0.4, 0.5) is 11.4 Å². The Hall–Kier alpha value is -3.41. The van der Waals surface area contributed by atoms with Gasteiger partial charge < -0.3 is 0 Å². The Morgan fingerprint density at radius 2 is 1.70 bits per heavy atom. The lowest BCUT2D eigenvalue weighted by molar-refractivity contribution is 0.0998. The number of nitrogens with zero attached hydrogens (tertiary/aromatic N) is 3. The van der Waals surface area contributed by atoms with Gasteiger partial charge in [0, 0.05) is 10.9 Å². The van der Waals surface area contributed by atoms with Crippen molar-refractivity contribution in [3.05, 3.63) is 66.2 Å². The average Bonchev–Trinajstić information content (AvgIpc) is 2.65. The zero-order valence-corrected chi connectivity index (χ0v) is 14.7. The Balaban J connectivity index is 2.07. The molecule has 0 bridgehead atoms. The Morgan fingerprint density at radius 1 is 1.00 bits per heavy atom. The molecule has 0 heterocycles. The minimum absolute atomic E-state index is 0.253. The third-order valence-electron chi connectivity index (χ3n) is 3.84. The maximum Gasteiger partial charge on any atom is 0.294 e. The molecule has 3 aromatic rings. The number of Topliss-reactive ketones (excluding diaryl/α,β-unsaturated/α-hetero) is 1. The van der Waals surface area contributed by atoms with E-state index in [4.69, 9.17) is 9.81 Å². The summed E-state index contributed by atoms with van der Waals surface area (Å²) < 4.78 is 31.2. The lowest BCUT2D eigenvalue weighted by Gasteiger charge is -2.06. The highest BCUT2D eigenvalue weighted by Gasteiger charge is 2.14. The lowest BCUT2D eigenvalue weighted by Crippen LogP contribution is -1.98. The fourth-order valence-electron chi connectivity index (χ4n) is 2.55. The van der Waals surface area contributed by atoms with E-state index in [0.29, 0.717) is 16.8 Å². The molecule has 0 amide bonds. The van der Waals surface area contributed by atoms with E-state index in [1.807, 2.05) is 18.2 Å². The van der Waals surface area contributed by atoms with Crippen LogP contribution in [0.5, 0.6) is 0 Å². The SMILES string of the molecule is N#CCC(=O)c1ccc2ccccc2c1N=Nc1ccc(S(=O)(=O)O)cc1. The summed E-state index contributed by atoms with van der Waals surface area (Å²) in [6.07, 6.45) is -0.274. The van der Waals surface area contributed by atoms with Gasteiger partial charge in [0.25, 0.3) is 10.1 Å². The summed E-state index contributed by atoms with van der Waals surface area (Å²) in [5, 5.41) is 18.6. The average molecular weight is 379 g/mol. The molecule has 0 aliphatic rings. The van der Waals surface area contributed by atoms with Crippen molar-refractivity contribution in [2.24, 2.45) is 10.2 Å². The molecule has 0 spiro atoms. The molecular formula is C19H13N3O4S. The van der Waals surface area contributed by atoms with Crippen molar-refractivity contribution in [1.29, 1.82) is 5.26 Å². The van der Waals surface area contributed by atoms with Crippen molar-refractivity contribution >= 4 is 38.0 Å². The largest absolute Gasteiger partial charge is 0.294 e. The number of benzene rings is 3. The van der Waals surface area contributed by atoms with Crippen molar-refractivity contribution in [3.63, 3.8) is 0 Å². The zero-order chi connectivity index (χ0) is 19.4. The highest BCUT2D eigenvalue weighted by atomic mass is 32.2. The van der Waals surface area contributed by atoms with E-state index in [9.17, 15) is 13.2 Å². The molecule has 3 rings (SSSR count). The van der Waals surface area contributed by atoms with Gasteiger partial charge in [0.15, 0.2) is 5.78 Å². The topological polar surface area (TPSA) is 120 Å². The van der Waals surface area contributed by atoms with E-state index in [1.165, 1.54) is 24.3 Å². The Kier molecular flexibility index (Phi) is 5.07. The summed E-state index contributed by atoms with van der Waals surface area (Å²) >= 11 is 0. The van der Waals surface area contributed by atoms with Crippen molar-refractivity contribution in [1.82, 2.24) is 0 Å². The minimum Gasteiger partial charge on any atom is -0.293 e. The summed E-state index contributed by atoms with van der Waals surface area (Å²) in [6, 6.07) is 17.7. The quantitative estimate of drug-likeness (QED) is 0.395. The molecule has 0 unspecified atom stereocenters. The highest BCUT2D eigenvalue weighted by Crippen LogP contribution is 2.32. The summed E-state index contributed by atoms with van der Waals surface area (Å²) in [5.74, 6) is -0.362. The van der Waals surface area contributed by atoms with Gasteiger partial charge in [-0.05, 0) is 35.7 Å². The predicted octanol–water partition coefficient (Wildman–Crippen LogP) is 4.60. The molecule has 1 N–H and O–H groups in total. The fraction of sp³-hybridized carbons (Fsp3) is 0.0526. The summed E-state index contributed by atoms with van der Waals surface area (Å²) in [7, 11) is -4.29. The van der Waals surface area contributed by atoms with Gasteiger partial charge in [0.2, 0.25) is 0 Å². The van der Waals surface area contributed by atoms with Crippen molar-refractivity contribution in [2.75, 3.05) is 0 Å². The van der Waals surface area contributed by atoms with Gasteiger partial charge in [-0.3, -0.25) is 9.35 Å². The number of rotatable bonds is 5. The van der Waals surface area contributed by atoms with Crippen LogP contribution < -0.4 is 0 Å². The standard InChI is InChI=1S/C19H13N3O4S/c20-12-11-18(23)17-10-5-13-3-1-2-4-16(13)19(17)22-21-14-6-8-15(9-7-14)27(24,25)26/h1-10H,11H2,(H,24,25,26). The first kappa shape index (κ1) is 18.4. The van der Waals surface area contributed by atoms with E-state index in [0.717, 1.165) is 5.39 Å². The summed E-state index contributed by atoms with van der Waals surface area (Å²) in [4.78, 5) is 12.0. The number of ketones is 1. The number of azo groups is 1. The third kappa shape index (κ3) is 4.06. The van der Waals surface area contributed by atoms with Crippen LogP contribution in [0.15, 0.2) is 75.8 Å². The lowest BCUT2D eigenvalue weighted by atomic mass is 10.0.